The van der Waals surface area contributed by atoms with Crippen LogP contribution in [0.5, 0.6) is 0 Å². The minimum Gasteiger partial charge on any atom is -0.318 e. The summed E-state index contributed by atoms with van der Waals surface area (Å²) in [6, 6.07) is 14.5. The molecule has 1 fully saturated rings. The first-order valence-corrected chi connectivity index (χ1v) is 10.4. The summed E-state index contributed by atoms with van der Waals surface area (Å²) in [7, 11) is 0. The zero-order chi connectivity index (χ0) is 23.2. The molecule has 0 unspecified atom stereocenters. The second-order valence-electron chi connectivity index (χ2n) is 8.30. The van der Waals surface area contributed by atoms with E-state index < -0.39 is 17.8 Å². The summed E-state index contributed by atoms with van der Waals surface area (Å²) in [6.07, 6.45) is 1.56. The minimum atomic E-state index is -0.747. The van der Waals surface area contributed by atoms with Crippen LogP contribution in [0.4, 0.5) is 10.5 Å². The van der Waals surface area contributed by atoms with Crippen molar-refractivity contribution >= 4 is 29.6 Å². The molecule has 0 spiro atoms. The highest BCUT2D eigenvalue weighted by molar-refractivity contribution is 6.39. The van der Waals surface area contributed by atoms with E-state index >= 15 is 0 Å². The van der Waals surface area contributed by atoms with Crippen molar-refractivity contribution in [3.8, 4) is 5.69 Å². The van der Waals surface area contributed by atoms with Crippen LogP contribution in [0.2, 0.25) is 0 Å². The Balaban J connectivity index is 1.78. The van der Waals surface area contributed by atoms with E-state index in [0.29, 0.717) is 5.69 Å². The Labute approximate surface area is 187 Å². The summed E-state index contributed by atoms with van der Waals surface area (Å²) in [6.45, 7) is 9.91. The van der Waals surface area contributed by atoms with Crippen LogP contribution in [0.25, 0.3) is 11.8 Å². The molecule has 0 atom stereocenters. The smallest absolute Gasteiger partial charge is 0.318 e. The number of carbonyl (C=O) groups excluding carboxylic acids is 3. The SMILES string of the molecule is Cc1cccc(N2C(=O)NC(=O)/C(=C\c3cc(C)n(-c4cc(C)cc(C)c4)c3C)C2=O)c1. The van der Waals surface area contributed by atoms with Gasteiger partial charge in [0.25, 0.3) is 11.8 Å². The molecule has 162 valence electrons. The van der Waals surface area contributed by atoms with Gasteiger partial charge in [-0.3, -0.25) is 14.9 Å². The Morgan fingerprint density at radius 1 is 0.781 bits per heavy atom. The predicted molar refractivity (Wildman–Crippen MR) is 125 cm³/mol. The molecule has 2 heterocycles. The van der Waals surface area contributed by atoms with Crippen LogP contribution in [-0.2, 0) is 9.59 Å². The van der Waals surface area contributed by atoms with E-state index in [1.54, 1.807) is 24.3 Å². The zero-order valence-electron chi connectivity index (χ0n) is 18.8. The first-order valence-electron chi connectivity index (χ1n) is 10.4. The fourth-order valence-corrected chi connectivity index (χ4v) is 4.23. The third kappa shape index (κ3) is 3.75. The predicted octanol–water partition coefficient (Wildman–Crippen LogP) is 4.69. The summed E-state index contributed by atoms with van der Waals surface area (Å²) >= 11 is 0. The van der Waals surface area contributed by atoms with Crippen molar-refractivity contribution in [1.29, 1.82) is 0 Å². The van der Waals surface area contributed by atoms with Gasteiger partial charge in [0.2, 0.25) is 0 Å². The third-order valence-corrected chi connectivity index (χ3v) is 5.60. The van der Waals surface area contributed by atoms with Gasteiger partial charge in [-0.2, -0.15) is 0 Å². The Bertz CT molecular complexity index is 1290. The number of urea groups is 1. The summed E-state index contributed by atoms with van der Waals surface area (Å²) in [4.78, 5) is 39.2. The lowest BCUT2D eigenvalue weighted by molar-refractivity contribution is -0.122. The van der Waals surface area contributed by atoms with Gasteiger partial charge in [-0.1, -0.05) is 18.2 Å². The van der Waals surface area contributed by atoms with Crippen LogP contribution in [0.15, 0.2) is 54.1 Å². The van der Waals surface area contributed by atoms with Crippen molar-refractivity contribution in [2.75, 3.05) is 4.90 Å². The van der Waals surface area contributed by atoms with Gasteiger partial charge in [-0.05, 0) is 93.3 Å². The van der Waals surface area contributed by atoms with Crippen molar-refractivity contribution in [3.63, 3.8) is 0 Å². The molecule has 0 aliphatic carbocycles. The molecular weight excluding hydrogens is 402 g/mol. The fourth-order valence-electron chi connectivity index (χ4n) is 4.23. The number of anilines is 1. The van der Waals surface area contributed by atoms with Crippen LogP contribution < -0.4 is 10.2 Å². The topological polar surface area (TPSA) is 71.4 Å². The number of nitrogens with one attached hydrogen (secondary N) is 1. The maximum atomic E-state index is 13.2. The van der Waals surface area contributed by atoms with E-state index in [2.05, 4.69) is 41.9 Å². The Kier molecular flexibility index (Phi) is 5.30. The summed E-state index contributed by atoms with van der Waals surface area (Å²) in [5.41, 5.74) is 7.22. The van der Waals surface area contributed by atoms with Crippen molar-refractivity contribution in [3.05, 3.63) is 87.7 Å². The maximum Gasteiger partial charge on any atom is 0.335 e. The van der Waals surface area contributed by atoms with Crippen LogP contribution >= 0.6 is 0 Å². The number of benzene rings is 2. The largest absolute Gasteiger partial charge is 0.335 e. The molecular formula is C26H25N3O3. The van der Waals surface area contributed by atoms with Crippen LogP contribution in [0, 0.1) is 34.6 Å². The second kappa shape index (κ2) is 7.96. The molecule has 4 amide bonds. The van der Waals surface area contributed by atoms with E-state index in [1.165, 1.54) is 0 Å². The van der Waals surface area contributed by atoms with E-state index in [0.717, 1.165) is 44.2 Å². The van der Waals surface area contributed by atoms with Gasteiger partial charge in [0.15, 0.2) is 0 Å². The lowest BCUT2D eigenvalue weighted by Crippen LogP contribution is -2.54. The molecule has 32 heavy (non-hydrogen) atoms. The average Bonchev–Trinajstić information content (AvgIpc) is 2.97. The molecule has 6 nitrogen and oxygen atoms in total. The number of rotatable bonds is 3. The van der Waals surface area contributed by atoms with E-state index in [4.69, 9.17) is 0 Å². The van der Waals surface area contributed by atoms with Gasteiger partial charge < -0.3 is 4.57 Å². The summed E-state index contributed by atoms with van der Waals surface area (Å²) in [5, 5.41) is 2.29. The molecule has 3 aromatic rings. The number of barbiturate groups is 1. The van der Waals surface area contributed by atoms with Gasteiger partial charge in [0.1, 0.15) is 5.57 Å². The van der Waals surface area contributed by atoms with Crippen molar-refractivity contribution < 1.29 is 14.4 Å². The zero-order valence-corrected chi connectivity index (χ0v) is 18.8. The quantitative estimate of drug-likeness (QED) is 0.487. The Hall–Kier alpha value is -3.93. The Morgan fingerprint density at radius 2 is 1.44 bits per heavy atom. The highest BCUT2D eigenvalue weighted by atomic mass is 16.2. The van der Waals surface area contributed by atoms with Crippen molar-refractivity contribution in [2.24, 2.45) is 0 Å². The van der Waals surface area contributed by atoms with Gasteiger partial charge in [-0.15, -0.1) is 0 Å². The number of nitrogens with zero attached hydrogens (tertiary/aromatic N) is 2. The first kappa shape index (κ1) is 21.3. The van der Waals surface area contributed by atoms with Gasteiger partial charge in [0, 0.05) is 17.1 Å². The van der Waals surface area contributed by atoms with E-state index in [9.17, 15) is 14.4 Å². The molecule has 0 radical (unpaired) electrons. The Morgan fingerprint density at radius 3 is 2.09 bits per heavy atom. The summed E-state index contributed by atoms with van der Waals surface area (Å²) in [5.74, 6) is -1.33. The second-order valence-corrected chi connectivity index (χ2v) is 8.30. The van der Waals surface area contributed by atoms with E-state index in [1.807, 2.05) is 32.9 Å². The normalized spacial score (nSPS) is 15.5. The van der Waals surface area contributed by atoms with Crippen molar-refractivity contribution in [2.45, 2.75) is 34.6 Å². The maximum absolute atomic E-state index is 13.2. The molecule has 2 aromatic carbocycles. The van der Waals surface area contributed by atoms with Gasteiger partial charge in [-0.25, -0.2) is 9.69 Å². The molecule has 1 aliphatic rings. The highest BCUT2D eigenvalue weighted by Gasteiger charge is 2.37. The lowest BCUT2D eigenvalue weighted by atomic mass is 10.1. The molecule has 1 saturated heterocycles. The van der Waals surface area contributed by atoms with Crippen LogP contribution in [0.3, 0.4) is 0 Å². The minimum absolute atomic E-state index is 0.0771. The van der Waals surface area contributed by atoms with Gasteiger partial charge >= 0.3 is 6.03 Å². The molecule has 0 saturated carbocycles. The molecule has 1 N–H and O–H groups in total. The number of aryl methyl sites for hydroxylation is 4. The molecule has 1 aromatic heterocycles. The van der Waals surface area contributed by atoms with Crippen LogP contribution in [-0.4, -0.2) is 22.4 Å². The number of imide groups is 2. The monoisotopic (exact) mass is 427 g/mol. The van der Waals surface area contributed by atoms with Crippen LogP contribution in [0.1, 0.15) is 33.6 Å². The number of amides is 4. The van der Waals surface area contributed by atoms with E-state index in [-0.39, 0.29) is 5.57 Å². The molecule has 1 aliphatic heterocycles. The number of hydrogen-bond donors (Lipinski definition) is 1. The first-order chi connectivity index (χ1) is 15.2. The summed E-state index contributed by atoms with van der Waals surface area (Å²) < 4.78 is 2.10. The average molecular weight is 428 g/mol. The number of hydrogen-bond acceptors (Lipinski definition) is 3. The van der Waals surface area contributed by atoms with Crippen molar-refractivity contribution in [1.82, 2.24) is 9.88 Å². The fraction of sp³-hybridized carbons (Fsp3) is 0.192. The molecule has 6 heteroatoms. The standard InChI is InChI=1S/C26H25N3O3/c1-15-7-6-8-21(10-15)29-25(31)23(24(30)27-26(29)32)14-20-13-18(4)28(19(20)5)22-11-16(2)9-17(3)12-22/h6-14H,1-5H3,(H,27,30,32)/b23-14+. The number of aromatic nitrogens is 1. The molecule has 0 bridgehead atoms. The third-order valence-electron chi connectivity index (χ3n) is 5.60. The highest BCUT2D eigenvalue weighted by Crippen LogP contribution is 2.27. The number of carbonyl (C=O) groups is 3. The lowest BCUT2D eigenvalue weighted by Gasteiger charge is -2.26. The van der Waals surface area contributed by atoms with Gasteiger partial charge in [0.05, 0.1) is 5.69 Å². The molecule has 4 rings (SSSR count).